The minimum absolute atomic E-state index is 0.268. The zero-order valence-corrected chi connectivity index (χ0v) is 12.6. The zero-order chi connectivity index (χ0) is 15.1. The van der Waals surface area contributed by atoms with Gasteiger partial charge in [0.05, 0.1) is 11.5 Å². The van der Waals surface area contributed by atoms with Crippen LogP contribution in [0.15, 0.2) is 52.3 Å². The maximum absolute atomic E-state index is 14.0. The molecule has 5 heteroatoms. The second kappa shape index (κ2) is 8.12. The van der Waals surface area contributed by atoms with E-state index in [1.165, 1.54) is 30.0 Å². The first-order valence-electron chi connectivity index (χ1n) is 6.61. The summed E-state index contributed by atoms with van der Waals surface area (Å²) in [5, 5.41) is 3.20. The van der Waals surface area contributed by atoms with Crippen LogP contribution in [0.1, 0.15) is 5.56 Å². The van der Waals surface area contributed by atoms with Crippen molar-refractivity contribution in [3.05, 3.63) is 59.7 Å². The average molecular weight is 309 g/mol. The molecule has 0 aliphatic rings. The molecule has 112 valence electrons. The standard InChI is InChI=1S/C16H17F2NOS/c1-20-10-9-19-11-12-3-2-4-15(18)16(12)21-14-7-5-13(17)6-8-14/h2-8,19H,9-11H2,1H3. The number of halogens is 2. The van der Waals surface area contributed by atoms with Gasteiger partial charge in [0.25, 0.3) is 0 Å². The number of methoxy groups -OCH3 is 1. The van der Waals surface area contributed by atoms with Crippen LogP contribution in [0.4, 0.5) is 8.78 Å². The average Bonchev–Trinajstić information content (AvgIpc) is 2.49. The van der Waals surface area contributed by atoms with Crippen molar-refractivity contribution in [1.29, 1.82) is 0 Å². The van der Waals surface area contributed by atoms with Crippen LogP contribution in [0.2, 0.25) is 0 Å². The summed E-state index contributed by atoms with van der Waals surface area (Å²) < 4.78 is 31.9. The summed E-state index contributed by atoms with van der Waals surface area (Å²) in [5.74, 6) is -0.565. The molecule has 0 unspecified atom stereocenters. The second-order valence-corrected chi connectivity index (χ2v) is 5.54. The topological polar surface area (TPSA) is 21.3 Å². The molecule has 0 radical (unpaired) electrons. The molecule has 0 saturated heterocycles. The summed E-state index contributed by atoms with van der Waals surface area (Å²) in [5.41, 5.74) is 0.875. The van der Waals surface area contributed by atoms with E-state index in [4.69, 9.17) is 4.74 Å². The lowest BCUT2D eigenvalue weighted by Gasteiger charge is -2.11. The maximum Gasteiger partial charge on any atom is 0.137 e. The molecule has 0 spiro atoms. The van der Waals surface area contributed by atoms with Crippen LogP contribution in [0.25, 0.3) is 0 Å². The quantitative estimate of drug-likeness (QED) is 0.785. The highest BCUT2D eigenvalue weighted by atomic mass is 32.2. The minimum atomic E-state index is -0.297. The van der Waals surface area contributed by atoms with Gasteiger partial charge in [-0.1, -0.05) is 23.9 Å². The van der Waals surface area contributed by atoms with Gasteiger partial charge in [0.15, 0.2) is 0 Å². The Balaban J connectivity index is 2.11. The highest BCUT2D eigenvalue weighted by Gasteiger charge is 2.10. The van der Waals surface area contributed by atoms with Gasteiger partial charge in [-0.2, -0.15) is 0 Å². The molecule has 1 N–H and O–H groups in total. The Labute approximate surface area is 127 Å². The van der Waals surface area contributed by atoms with Gasteiger partial charge in [0.1, 0.15) is 11.6 Å². The fourth-order valence-electron chi connectivity index (χ4n) is 1.82. The number of rotatable bonds is 7. The maximum atomic E-state index is 14.0. The van der Waals surface area contributed by atoms with Crippen molar-refractivity contribution in [2.75, 3.05) is 20.3 Å². The third-order valence-electron chi connectivity index (χ3n) is 2.88. The van der Waals surface area contributed by atoms with Crippen molar-refractivity contribution >= 4 is 11.8 Å². The Hall–Kier alpha value is -1.43. The highest BCUT2D eigenvalue weighted by molar-refractivity contribution is 7.99. The molecular weight excluding hydrogens is 292 g/mol. The third kappa shape index (κ3) is 4.81. The van der Waals surface area contributed by atoms with E-state index in [9.17, 15) is 8.78 Å². The molecule has 0 aromatic heterocycles. The van der Waals surface area contributed by atoms with E-state index in [0.29, 0.717) is 24.6 Å². The summed E-state index contributed by atoms with van der Waals surface area (Å²) >= 11 is 1.30. The Morgan fingerprint density at radius 1 is 1.10 bits per heavy atom. The third-order valence-corrected chi connectivity index (χ3v) is 4.05. The highest BCUT2D eigenvalue weighted by Crippen LogP contribution is 2.32. The molecule has 0 bridgehead atoms. The minimum Gasteiger partial charge on any atom is -0.383 e. The normalized spacial score (nSPS) is 10.8. The van der Waals surface area contributed by atoms with E-state index in [-0.39, 0.29) is 11.6 Å². The molecule has 0 amide bonds. The van der Waals surface area contributed by atoms with Gasteiger partial charge in [0.2, 0.25) is 0 Å². The van der Waals surface area contributed by atoms with E-state index in [0.717, 1.165) is 10.5 Å². The van der Waals surface area contributed by atoms with Crippen molar-refractivity contribution < 1.29 is 13.5 Å². The van der Waals surface area contributed by atoms with Crippen molar-refractivity contribution in [3.8, 4) is 0 Å². The van der Waals surface area contributed by atoms with Gasteiger partial charge in [0, 0.05) is 25.1 Å². The number of benzene rings is 2. The molecule has 0 saturated carbocycles. The van der Waals surface area contributed by atoms with Crippen LogP contribution in [0.3, 0.4) is 0 Å². The molecule has 2 nitrogen and oxygen atoms in total. The molecule has 2 rings (SSSR count). The van der Waals surface area contributed by atoms with Crippen LogP contribution in [-0.4, -0.2) is 20.3 Å². The molecule has 0 fully saturated rings. The fraction of sp³-hybridized carbons (Fsp3) is 0.250. The van der Waals surface area contributed by atoms with Crippen molar-refractivity contribution in [2.24, 2.45) is 0 Å². The molecule has 0 atom stereocenters. The Morgan fingerprint density at radius 3 is 2.57 bits per heavy atom. The Morgan fingerprint density at radius 2 is 1.86 bits per heavy atom. The molecule has 0 heterocycles. The Kier molecular flexibility index (Phi) is 6.17. The lowest BCUT2D eigenvalue weighted by molar-refractivity contribution is 0.199. The Bertz CT molecular complexity index is 575. The van der Waals surface area contributed by atoms with Gasteiger partial charge in [-0.3, -0.25) is 0 Å². The second-order valence-electron chi connectivity index (χ2n) is 4.45. The zero-order valence-electron chi connectivity index (χ0n) is 11.7. The molecule has 0 aliphatic heterocycles. The SMILES string of the molecule is COCCNCc1cccc(F)c1Sc1ccc(F)cc1. The van der Waals surface area contributed by atoms with Crippen LogP contribution in [-0.2, 0) is 11.3 Å². The van der Waals surface area contributed by atoms with E-state index in [2.05, 4.69) is 5.32 Å². The van der Waals surface area contributed by atoms with Gasteiger partial charge in [-0.05, 0) is 35.9 Å². The summed E-state index contributed by atoms with van der Waals surface area (Å²) in [6.07, 6.45) is 0. The van der Waals surface area contributed by atoms with Crippen LogP contribution < -0.4 is 5.32 Å². The van der Waals surface area contributed by atoms with Crippen LogP contribution >= 0.6 is 11.8 Å². The van der Waals surface area contributed by atoms with Crippen LogP contribution in [0, 0.1) is 11.6 Å². The van der Waals surface area contributed by atoms with Crippen molar-refractivity contribution in [2.45, 2.75) is 16.3 Å². The molecule has 2 aromatic rings. The van der Waals surface area contributed by atoms with Crippen LogP contribution in [0.5, 0.6) is 0 Å². The number of hydrogen-bond acceptors (Lipinski definition) is 3. The number of hydrogen-bond donors (Lipinski definition) is 1. The summed E-state index contributed by atoms with van der Waals surface area (Å²) in [6.45, 7) is 1.87. The largest absolute Gasteiger partial charge is 0.383 e. The molecular formula is C16H17F2NOS. The lowest BCUT2D eigenvalue weighted by atomic mass is 10.2. The fourth-order valence-corrected chi connectivity index (χ4v) is 2.77. The van der Waals surface area contributed by atoms with E-state index < -0.39 is 0 Å². The van der Waals surface area contributed by atoms with Crippen molar-refractivity contribution in [3.63, 3.8) is 0 Å². The number of ether oxygens (including phenoxy) is 1. The predicted octanol–water partition coefficient (Wildman–Crippen LogP) is 3.85. The number of nitrogens with one attached hydrogen (secondary N) is 1. The van der Waals surface area contributed by atoms with Gasteiger partial charge < -0.3 is 10.1 Å². The monoisotopic (exact) mass is 309 g/mol. The van der Waals surface area contributed by atoms with E-state index in [1.807, 2.05) is 6.07 Å². The van der Waals surface area contributed by atoms with E-state index in [1.54, 1.807) is 25.3 Å². The summed E-state index contributed by atoms with van der Waals surface area (Å²) in [6, 6.07) is 11.1. The summed E-state index contributed by atoms with van der Waals surface area (Å²) in [7, 11) is 1.64. The van der Waals surface area contributed by atoms with Gasteiger partial charge >= 0.3 is 0 Å². The predicted molar refractivity (Wildman–Crippen MR) is 80.5 cm³/mol. The van der Waals surface area contributed by atoms with Gasteiger partial charge in [-0.15, -0.1) is 0 Å². The van der Waals surface area contributed by atoms with E-state index >= 15 is 0 Å². The lowest BCUT2D eigenvalue weighted by Crippen LogP contribution is -2.19. The molecule has 0 aliphatic carbocycles. The first kappa shape index (κ1) is 15.9. The van der Waals surface area contributed by atoms with Gasteiger partial charge in [-0.25, -0.2) is 8.78 Å². The smallest absolute Gasteiger partial charge is 0.137 e. The molecule has 2 aromatic carbocycles. The molecule has 21 heavy (non-hydrogen) atoms. The van der Waals surface area contributed by atoms with Crippen molar-refractivity contribution in [1.82, 2.24) is 5.32 Å². The first-order chi connectivity index (χ1) is 10.2. The first-order valence-corrected chi connectivity index (χ1v) is 7.43. The summed E-state index contributed by atoms with van der Waals surface area (Å²) in [4.78, 5) is 1.37.